The van der Waals surface area contributed by atoms with Gasteiger partial charge in [0.1, 0.15) is 0 Å². The molecule has 0 saturated heterocycles. The second kappa shape index (κ2) is 6.01. The molecule has 1 saturated carbocycles. The molecule has 0 radical (unpaired) electrons. The highest BCUT2D eigenvalue weighted by atomic mass is 79.9. The summed E-state index contributed by atoms with van der Waals surface area (Å²) >= 11 is 3.62. The van der Waals surface area contributed by atoms with E-state index >= 15 is 0 Å². The summed E-state index contributed by atoms with van der Waals surface area (Å²) in [5, 5.41) is 3.71. The molecule has 2 atom stereocenters. The van der Waals surface area contributed by atoms with Crippen molar-refractivity contribution in [3.05, 3.63) is 34.3 Å². The lowest BCUT2D eigenvalue weighted by atomic mass is 9.81. The van der Waals surface area contributed by atoms with Gasteiger partial charge >= 0.3 is 0 Å². The Morgan fingerprint density at radius 1 is 1.29 bits per heavy atom. The molecule has 1 fully saturated rings. The van der Waals surface area contributed by atoms with Crippen LogP contribution in [0.4, 0.5) is 0 Å². The maximum absolute atomic E-state index is 3.71. The van der Waals surface area contributed by atoms with Crippen LogP contribution in [0.3, 0.4) is 0 Å². The lowest BCUT2D eigenvalue weighted by Crippen LogP contribution is -2.32. The molecule has 0 heterocycles. The van der Waals surface area contributed by atoms with Gasteiger partial charge in [-0.25, -0.2) is 0 Å². The second-order valence-corrected chi connectivity index (χ2v) is 6.20. The summed E-state index contributed by atoms with van der Waals surface area (Å²) in [7, 11) is 0. The van der Waals surface area contributed by atoms with Crippen LogP contribution in [0.2, 0.25) is 0 Å². The molecule has 1 aliphatic carbocycles. The van der Waals surface area contributed by atoms with Gasteiger partial charge in [0, 0.05) is 16.6 Å². The van der Waals surface area contributed by atoms with Crippen molar-refractivity contribution in [3.8, 4) is 0 Å². The molecule has 1 N–H and O–H groups in total. The average molecular weight is 296 g/mol. The van der Waals surface area contributed by atoms with Gasteiger partial charge in [0.15, 0.2) is 0 Å². The van der Waals surface area contributed by atoms with E-state index in [4.69, 9.17) is 0 Å². The Balaban J connectivity index is 1.87. The molecule has 94 valence electrons. The third-order valence-corrected chi connectivity index (χ3v) is 4.54. The molecule has 2 rings (SSSR count). The average Bonchev–Trinajstić information content (AvgIpc) is 2.24. The van der Waals surface area contributed by atoms with Crippen molar-refractivity contribution >= 4 is 15.9 Å². The summed E-state index contributed by atoms with van der Waals surface area (Å²) in [6, 6.07) is 9.51. The summed E-state index contributed by atoms with van der Waals surface area (Å²) in [5.41, 5.74) is 1.35. The Kier molecular flexibility index (Phi) is 4.63. The molecule has 0 amide bonds. The van der Waals surface area contributed by atoms with Crippen molar-refractivity contribution in [1.29, 1.82) is 0 Å². The van der Waals surface area contributed by atoms with E-state index in [1.54, 1.807) is 0 Å². The smallest absolute Gasteiger partial charge is 0.0305 e. The Hall–Kier alpha value is -0.340. The standard InChI is InChI=1S/C15H22BrN/c1-11(10-13-6-5-7-13)17-12(2)14-8-3-4-9-15(14)16/h3-4,8-9,11-13,17H,5-7,10H2,1-2H3. The number of rotatable bonds is 5. The van der Waals surface area contributed by atoms with Gasteiger partial charge in [-0.2, -0.15) is 0 Å². The zero-order valence-electron chi connectivity index (χ0n) is 10.7. The summed E-state index contributed by atoms with van der Waals surface area (Å²) in [6.07, 6.45) is 5.65. The molecule has 0 aliphatic heterocycles. The van der Waals surface area contributed by atoms with Gasteiger partial charge in [0.25, 0.3) is 0 Å². The van der Waals surface area contributed by atoms with Crippen molar-refractivity contribution in [2.24, 2.45) is 5.92 Å². The van der Waals surface area contributed by atoms with Gasteiger partial charge < -0.3 is 5.32 Å². The first-order valence-electron chi connectivity index (χ1n) is 6.67. The molecule has 2 heteroatoms. The van der Waals surface area contributed by atoms with Gasteiger partial charge in [-0.15, -0.1) is 0 Å². The van der Waals surface area contributed by atoms with Crippen LogP contribution in [-0.4, -0.2) is 6.04 Å². The molecule has 17 heavy (non-hydrogen) atoms. The fraction of sp³-hybridized carbons (Fsp3) is 0.600. The molecule has 1 aromatic carbocycles. The van der Waals surface area contributed by atoms with Crippen molar-refractivity contribution in [1.82, 2.24) is 5.32 Å². The topological polar surface area (TPSA) is 12.0 Å². The quantitative estimate of drug-likeness (QED) is 0.832. The maximum atomic E-state index is 3.71. The minimum atomic E-state index is 0.417. The van der Waals surface area contributed by atoms with Crippen LogP contribution in [0.15, 0.2) is 28.7 Å². The lowest BCUT2D eigenvalue weighted by molar-refractivity contribution is 0.259. The summed E-state index contributed by atoms with van der Waals surface area (Å²) < 4.78 is 1.20. The lowest BCUT2D eigenvalue weighted by Gasteiger charge is -2.30. The first-order valence-corrected chi connectivity index (χ1v) is 7.46. The fourth-order valence-electron chi connectivity index (χ4n) is 2.64. The number of hydrogen-bond donors (Lipinski definition) is 1. The van der Waals surface area contributed by atoms with Crippen LogP contribution in [0.1, 0.15) is 51.1 Å². The molecule has 0 spiro atoms. The predicted octanol–water partition coefficient (Wildman–Crippen LogP) is 4.68. The van der Waals surface area contributed by atoms with Crippen LogP contribution in [-0.2, 0) is 0 Å². The third-order valence-electron chi connectivity index (χ3n) is 3.82. The van der Waals surface area contributed by atoms with Crippen molar-refractivity contribution in [3.63, 3.8) is 0 Å². The molecular formula is C15H22BrN. The Morgan fingerprint density at radius 2 is 2.00 bits per heavy atom. The number of hydrogen-bond acceptors (Lipinski definition) is 1. The molecular weight excluding hydrogens is 274 g/mol. The zero-order chi connectivity index (χ0) is 12.3. The van der Waals surface area contributed by atoms with Crippen LogP contribution in [0.25, 0.3) is 0 Å². The third kappa shape index (κ3) is 3.56. The van der Waals surface area contributed by atoms with E-state index < -0.39 is 0 Å². The van der Waals surface area contributed by atoms with Gasteiger partial charge in [0.05, 0.1) is 0 Å². The minimum absolute atomic E-state index is 0.417. The minimum Gasteiger partial charge on any atom is -0.308 e. The Morgan fingerprint density at radius 3 is 2.59 bits per heavy atom. The highest BCUT2D eigenvalue weighted by Crippen LogP contribution is 2.31. The Labute approximate surface area is 113 Å². The monoisotopic (exact) mass is 295 g/mol. The molecule has 1 aromatic rings. The first kappa shape index (κ1) is 13.1. The SMILES string of the molecule is CC(CC1CCC1)NC(C)c1ccccc1Br. The van der Waals surface area contributed by atoms with E-state index in [0.29, 0.717) is 12.1 Å². The summed E-state index contributed by atoms with van der Waals surface area (Å²) in [6.45, 7) is 4.56. The highest BCUT2D eigenvalue weighted by molar-refractivity contribution is 9.10. The molecule has 0 aromatic heterocycles. The highest BCUT2D eigenvalue weighted by Gasteiger charge is 2.21. The molecule has 1 aliphatic rings. The molecule has 0 bridgehead atoms. The van der Waals surface area contributed by atoms with Crippen molar-refractivity contribution in [2.45, 2.75) is 51.6 Å². The largest absolute Gasteiger partial charge is 0.308 e. The summed E-state index contributed by atoms with van der Waals surface area (Å²) in [4.78, 5) is 0. The van der Waals surface area contributed by atoms with E-state index in [1.165, 1.54) is 35.7 Å². The van der Waals surface area contributed by atoms with Crippen molar-refractivity contribution < 1.29 is 0 Å². The van der Waals surface area contributed by atoms with E-state index in [1.807, 2.05) is 0 Å². The first-order chi connectivity index (χ1) is 8.16. The number of halogens is 1. The van der Waals surface area contributed by atoms with Gasteiger partial charge in [-0.05, 0) is 37.8 Å². The number of benzene rings is 1. The van der Waals surface area contributed by atoms with E-state index in [2.05, 4.69) is 59.4 Å². The normalized spacial score (nSPS) is 19.7. The van der Waals surface area contributed by atoms with Gasteiger partial charge in [0.2, 0.25) is 0 Å². The summed E-state index contributed by atoms with van der Waals surface area (Å²) in [5.74, 6) is 0.976. The second-order valence-electron chi connectivity index (χ2n) is 5.34. The molecule has 2 unspecified atom stereocenters. The van der Waals surface area contributed by atoms with Crippen LogP contribution < -0.4 is 5.32 Å². The number of nitrogens with one attached hydrogen (secondary N) is 1. The van der Waals surface area contributed by atoms with Gasteiger partial charge in [-0.1, -0.05) is 53.4 Å². The maximum Gasteiger partial charge on any atom is 0.0305 e. The van der Waals surface area contributed by atoms with Crippen molar-refractivity contribution in [2.75, 3.05) is 0 Å². The van der Waals surface area contributed by atoms with E-state index in [9.17, 15) is 0 Å². The van der Waals surface area contributed by atoms with Crippen LogP contribution >= 0.6 is 15.9 Å². The van der Waals surface area contributed by atoms with Gasteiger partial charge in [-0.3, -0.25) is 0 Å². The predicted molar refractivity (Wildman–Crippen MR) is 77.1 cm³/mol. The molecule has 1 nitrogen and oxygen atoms in total. The Bertz CT molecular complexity index is 360. The van der Waals surface area contributed by atoms with Crippen LogP contribution in [0, 0.1) is 5.92 Å². The van der Waals surface area contributed by atoms with E-state index in [-0.39, 0.29) is 0 Å². The van der Waals surface area contributed by atoms with Crippen LogP contribution in [0.5, 0.6) is 0 Å². The van der Waals surface area contributed by atoms with E-state index in [0.717, 1.165) is 5.92 Å². The zero-order valence-corrected chi connectivity index (χ0v) is 12.3. The fourth-order valence-corrected chi connectivity index (χ4v) is 3.27.